The average molecular weight is 259 g/mol. The fraction of sp³-hybridized carbons (Fsp3) is 0.571. The van der Waals surface area contributed by atoms with E-state index in [1.807, 2.05) is 0 Å². The van der Waals surface area contributed by atoms with Gasteiger partial charge < -0.3 is 5.32 Å². The van der Waals surface area contributed by atoms with Gasteiger partial charge in [-0.2, -0.15) is 13.2 Å². The normalized spacial score (nSPS) is 13.9. The number of alkyl halides is 3. The van der Waals surface area contributed by atoms with Crippen molar-refractivity contribution >= 4 is 0 Å². The van der Waals surface area contributed by atoms with Gasteiger partial charge in [-0.3, -0.25) is 0 Å². The molecule has 1 N–H and O–H groups in total. The van der Waals surface area contributed by atoms with Crippen LogP contribution in [0, 0.1) is 11.8 Å². The van der Waals surface area contributed by atoms with E-state index in [0.29, 0.717) is 18.4 Å². The van der Waals surface area contributed by atoms with E-state index in [0.717, 1.165) is 24.2 Å². The van der Waals surface area contributed by atoms with Gasteiger partial charge in [0.05, 0.1) is 5.56 Å². The molecule has 0 amide bonds. The Morgan fingerprint density at radius 1 is 1.06 bits per heavy atom. The van der Waals surface area contributed by atoms with Crippen LogP contribution in [0.2, 0.25) is 0 Å². The van der Waals surface area contributed by atoms with Crippen molar-refractivity contribution in [2.45, 2.75) is 33.5 Å². The minimum Gasteiger partial charge on any atom is -0.312 e. The van der Waals surface area contributed by atoms with Crippen molar-refractivity contribution in [3.05, 3.63) is 35.4 Å². The van der Waals surface area contributed by atoms with E-state index in [1.54, 1.807) is 0 Å². The van der Waals surface area contributed by atoms with Gasteiger partial charge in [0, 0.05) is 6.54 Å². The van der Waals surface area contributed by atoms with Crippen molar-refractivity contribution < 1.29 is 13.2 Å². The summed E-state index contributed by atoms with van der Waals surface area (Å²) in [6.45, 7) is 7.95. The van der Waals surface area contributed by atoms with Crippen molar-refractivity contribution in [3.8, 4) is 0 Å². The first-order chi connectivity index (χ1) is 8.30. The van der Waals surface area contributed by atoms with Crippen LogP contribution in [0.4, 0.5) is 13.2 Å². The van der Waals surface area contributed by atoms with Crippen molar-refractivity contribution in [3.63, 3.8) is 0 Å². The first kappa shape index (κ1) is 15.0. The summed E-state index contributed by atoms with van der Waals surface area (Å²) in [7, 11) is 0. The van der Waals surface area contributed by atoms with Crippen molar-refractivity contribution in [2.24, 2.45) is 11.8 Å². The summed E-state index contributed by atoms with van der Waals surface area (Å²) in [5.41, 5.74) is 0.278. The Kier molecular flexibility index (Phi) is 5.20. The molecule has 102 valence electrons. The Labute approximate surface area is 106 Å². The molecule has 0 radical (unpaired) electrons. The minimum atomic E-state index is -4.25. The lowest BCUT2D eigenvalue weighted by Crippen LogP contribution is -2.23. The molecule has 1 unspecified atom stereocenters. The van der Waals surface area contributed by atoms with Gasteiger partial charge in [-0.15, -0.1) is 0 Å². The predicted molar refractivity (Wildman–Crippen MR) is 67.2 cm³/mol. The Morgan fingerprint density at radius 3 is 2.06 bits per heavy atom. The second kappa shape index (κ2) is 6.23. The largest absolute Gasteiger partial charge is 0.416 e. The summed E-state index contributed by atoms with van der Waals surface area (Å²) in [5.74, 6) is 1.16. The number of benzene rings is 1. The van der Waals surface area contributed by atoms with Crippen LogP contribution in [-0.2, 0) is 12.7 Å². The lowest BCUT2D eigenvalue weighted by Gasteiger charge is -2.16. The first-order valence-corrected chi connectivity index (χ1v) is 6.17. The maximum atomic E-state index is 12.4. The molecule has 0 spiro atoms. The lowest BCUT2D eigenvalue weighted by molar-refractivity contribution is -0.137. The standard InChI is InChI=1S/C14H20F3N/c1-10(2)11(3)8-18-9-12-4-6-13(7-5-12)14(15,16)17/h4-7,10-11,18H,8-9H2,1-3H3. The quantitative estimate of drug-likeness (QED) is 0.840. The molecule has 0 saturated heterocycles. The molecule has 0 aliphatic heterocycles. The molecule has 0 fully saturated rings. The number of hydrogen-bond acceptors (Lipinski definition) is 1. The van der Waals surface area contributed by atoms with E-state index in [2.05, 4.69) is 26.1 Å². The monoisotopic (exact) mass is 259 g/mol. The third-order valence-electron chi connectivity index (χ3n) is 3.21. The van der Waals surface area contributed by atoms with Gasteiger partial charge in [-0.05, 0) is 36.1 Å². The van der Waals surface area contributed by atoms with Crippen molar-refractivity contribution in [2.75, 3.05) is 6.54 Å². The third kappa shape index (κ3) is 4.69. The zero-order valence-electron chi connectivity index (χ0n) is 11.0. The Bertz CT molecular complexity index is 354. The SMILES string of the molecule is CC(C)C(C)CNCc1ccc(C(F)(F)F)cc1. The van der Waals surface area contributed by atoms with Crippen LogP contribution in [0.15, 0.2) is 24.3 Å². The molecule has 0 bridgehead atoms. The van der Waals surface area contributed by atoms with Gasteiger partial charge in [0.25, 0.3) is 0 Å². The summed E-state index contributed by atoms with van der Waals surface area (Å²) >= 11 is 0. The van der Waals surface area contributed by atoms with Crippen LogP contribution in [0.5, 0.6) is 0 Å². The Hall–Kier alpha value is -1.03. The van der Waals surface area contributed by atoms with Crippen LogP contribution in [-0.4, -0.2) is 6.54 Å². The van der Waals surface area contributed by atoms with Crippen LogP contribution in [0.25, 0.3) is 0 Å². The van der Waals surface area contributed by atoms with E-state index < -0.39 is 11.7 Å². The zero-order valence-corrected chi connectivity index (χ0v) is 11.0. The number of nitrogens with one attached hydrogen (secondary N) is 1. The van der Waals surface area contributed by atoms with Crippen LogP contribution < -0.4 is 5.32 Å². The highest BCUT2D eigenvalue weighted by atomic mass is 19.4. The van der Waals surface area contributed by atoms with Gasteiger partial charge in [0.15, 0.2) is 0 Å². The Morgan fingerprint density at radius 2 is 1.61 bits per heavy atom. The molecule has 1 aromatic rings. The second-order valence-corrected chi connectivity index (χ2v) is 5.05. The predicted octanol–water partition coefficient (Wildman–Crippen LogP) is 4.09. The van der Waals surface area contributed by atoms with Gasteiger partial charge >= 0.3 is 6.18 Å². The fourth-order valence-electron chi connectivity index (χ4n) is 1.49. The lowest BCUT2D eigenvalue weighted by atomic mass is 9.98. The summed E-state index contributed by atoms with van der Waals surface area (Å²) in [6.07, 6.45) is -4.25. The van der Waals surface area contributed by atoms with Gasteiger partial charge in [0.1, 0.15) is 0 Å². The molecule has 1 atom stereocenters. The minimum absolute atomic E-state index is 0.555. The Balaban J connectivity index is 2.45. The molecule has 0 saturated carbocycles. The molecule has 0 heterocycles. The molecule has 1 aromatic carbocycles. The van der Waals surface area contributed by atoms with E-state index in [4.69, 9.17) is 0 Å². The molecule has 18 heavy (non-hydrogen) atoms. The van der Waals surface area contributed by atoms with Crippen molar-refractivity contribution in [1.82, 2.24) is 5.32 Å². The summed E-state index contributed by atoms with van der Waals surface area (Å²) in [4.78, 5) is 0. The number of halogens is 3. The molecule has 1 rings (SSSR count). The van der Waals surface area contributed by atoms with Crippen LogP contribution >= 0.6 is 0 Å². The highest BCUT2D eigenvalue weighted by Gasteiger charge is 2.29. The van der Waals surface area contributed by atoms with Crippen LogP contribution in [0.1, 0.15) is 31.9 Å². The van der Waals surface area contributed by atoms with E-state index in [9.17, 15) is 13.2 Å². The second-order valence-electron chi connectivity index (χ2n) is 5.05. The molecular formula is C14H20F3N. The first-order valence-electron chi connectivity index (χ1n) is 6.17. The van der Waals surface area contributed by atoms with E-state index in [-0.39, 0.29) is 0 Å². The third-order valence-corrected chi connectivity index (χ3v) is 3.21. The van der Waals surface area contributed by atoms with Gasteiger partial charge in [0.2, 0.25) is 0 Å². The number of rotatable bonds is 5. The van der Waals surface area contributed by atoms with E-state index >= 15 is 0 Å². The summed E-state index contributed by atoms with van der Waals surface area (Å²) < 4.78 is 37.1. The molecular weight excluding hydrogens is 239 g/mol. The molecule has 0 aromatic heterocycles. The molecule has 4 heteroatoms. The van der Waals surface area contributed by atoms with Crippen molar-refractivity contribution in [1.29, 1.82) is 0 Å². The maximum absolute atomic E-state index is 12.4. The average Bonchev–Trinajstić information content (AvgIpc) is 2.28. The molecule has 1 nitrogen and oxygen atoms in total. The summed E-state index contributed by atoms with van der Waals surface area (Å²) in [6, 6.07) is 5.30. The zero-order chi connectivity index (χ0) is 13.8. The fourth-order valence-corrected chi connectivity index (χ4v) is 1.49. The highest BCUT2D eigenvalue weighted by Crippen LogP contribution is 2.29. The number of hydrogen-bond donors (Lipinski definition) is 1. The summed E-state index contributed by atoms with van der Waals surface area (Å²) in [5, 5.41) is 3.26. The van der Waals surface area contributed by atoms with E-state index in [1.165, 1.54) is 12.1 Å². The van der Waals surface area contributed by atoms with Gasteiger partial charge in [-0.1, -0.05) is 32.9 Å². The van der Waals surface area contributed by atoms with Crippen LogP contribution in [0.3, 0.4) is 0 Å². The molecule has 0 aliphatic rings. The highest BCUT2D eigenvalue weighted by molar-refractivity contribution is 5.24. The smallest absolute Gasteiger partial charge is 0.312 e. The maximum Gasteiger partial charge on any atom is 0.416 e. The topological polar surface area (TPSA) is 12.0 Å². The van der Waals surface area contributed by atoms with Gasteiger partial charge in [-0.25, -0.2) is 0 Å². The molecule has 0 aliphatic carbocycles.